The van der Waals surface area contributed by atoms with Gasteiger partial charge in [0.25, 0.3) is 17.7 Å². The second-order valence-electron chi connectivity index (χ2n) is 22.7. The Hall–Kier alpha value is -6.03. The minimum Gasteiger partial charge on any atom is -0.379 e. The van der Waals surface area contributed by atoms with Crippen LogP contribution in [0.3, 0.4) is 0 Å². The Morgan fingerprint density at radius 3 is 2.00 bits per heavy atom. The van der Waals surface area contributed by atoms with E-state index in [0.29, 0.717) is 58.0 Å². The molecule has 4 aliphatic heterocycles. The van der Waals surface area contributed by atoms with E-state index in [2.05, 4.69) is 21.5 Å². The highest BCUT2D eigenvalue weighted by molar-refractivity contribution is 6.12. The first-order valence-corrected chi connectivity index (χ1v) is 28.9. The van der Waals surface area contributed by atoms with E-state index in [1.807, 2.05) is 88.9 Å². The van der Waals surface area contributed by atoms with E-state index < -0.39 is 54.2 Å². The van der Waals surface area contributed by atoms with Gasteiger partial charge in [0.15, 0.2) is 0 Å². The number of unbranched alkanes of at least 4 members (excludes halogenated alkanes) is 2. The molecule has 0 aromatic heterocycles. The fourth-order valence-electron chi connectivity index (χ4n) is 11.6. The number of likely N-dealkylation sites (tertiary alicyclic amines) is 1. The summed E-state index contributed by atoms with van der Waals surface area (Å²) in [5.74, 6) is -4.40. The van der Waals surface area contributed by atoms with E-state index in [9.17, 15) is 43.2 Å². The molecule has 1 aromatic carbocycles. The van der Waals surface area contributed by atoms with Gasteiger partial charge in [-0.1, -0.05) is 104 Å². The number of likely N-dealkylation sites (N-methyl/N-ethyl adjacent to an activating group) is 2. The molecule has 4 heterocycles. The highest BCUT2D eigenvalue weighted by Gasteiger charge is 2.45. The molecule has 444 valence electrons. The molecule has 11 atom stereocenters. The standard InChI is InChI=1S/C59H91N9O12/c1-12-39(6)54(65(9)59(77)52(37(2)3)61-57(75)53(38(4)5)64(8)32-20-25-48(70)63-62-47(69)24-17-14-18-33-67-49(71)30-31-50(67)72)46(78-10)36-51(73)66-34-19-23-45(66)55(79-11)40(7)56(74)60-44(35-41-21-15-13-16-22-41)58(76)68-42-26-28-43(80-68)29-27-42/h13,15-16,21-22,26,28,30-31,37-40,42-46,52-55H,12,14,17-20,23-25,27,29,32-36H2,1-11H3,(H,60,74)(H,61,75)(H,62,69)(H,63,70)/t39?,40?,42?,43?,44?,45-,46?,52?,53?,54?,55?/m0/s1. The van der Waals surface area contributed by atoms with Gasteiger partial charge in [-0.2, -0.15) is 0 Å². The average Bonchev–Trinajstić information content (AvgIpc) is 4.08. The second-order valence-corrected chi connectivity index (χ2v) is 22.7. The number of hydrogen-bond acceptors (Lipinski definition) is 13. The third-order valence-electron chi connectivity index (χ3n) is 16.3. The largest absolute Gasteiger partial charge is 0.379 e. The highest BCUT2D eigenvalue weighted by Crippen LogP contribution is 2.32. The van der Waals surface area contributed by atoms with Gasteiger partial charge in [-0.3, -0.25) is 68.6 Å². The number of methoxy groups -OCH3 is 2. The van der Waals surface area contributed by atoms with Crippen LogP contribution in [0.5, 0.6) is 0 Å². The normalized spacial score (nSPS) is 20.8. The van der Waals surface area contributed by atoms with Gasteiger partial charge in [0, 0.05) is 65.8 Å². The summed E-state index contributed by atoms with van der Waals surface area (Å²) in [6.07, 6.45) is 10.8. The van der Waals surface area contributed by atoms with Crippen molar-refractivity contribution in [1.82, 2.24) is 46.1 Å². The number of benzene rings is 1. The highest BCUT2D eigenvalue weighted by atomic mass is 16.7. The maximum atomic E-state index is 14.7. The Kier molecular flexibility index (Phi) is 25.3. The molecule has 9 amide bonds. The molecule has 21 heteroatoms. The molecule has 0 radical (unpaired) electrons. The molecule has 0 saturated carbocycles. The van der Waals surface area contributed by atoms with Gasteiger partial charge in [-0.25, -0.2) is 5.06 Å². The number of carbonyl (C=O) groups excluding carboxylic acids is 9. The van der Waals surface area contributed by atoms with E-state index in [0.717, 1.165) is 23.3 Å². The van der Waals surface area contributed by atoms with Crippen LogP contribution < -0.4 is 21.5 Å². The van der Waals surface area contributed by atoms with Crippen molar-refractivity contribution in [1.29, 1.82) is 0 Å². The summed E-state index contributed by atoms with van der Waals surface area (Å²) in [6.45, 7) is 14.4. The number of hydrazine groups is 1. The molecule has 4 N–H and O–H groups in total. The van der Waals surface area contributed by atoms with Crippen LogP contribution in [0.15, 0.2) is 54.6 Å². The summed E-state index contributed by atoms with van der Waals surface area (Å²) in [5.41, 5.74) is 5.75. The fraction of sp³-hybridized carbons (Fsp3) is 0.678. The number of nitrogens with zero attached hydrogens (tertiary/aromatic N) is 5. The monoisotopic (exact) mass is 1120 g/mol. The average molecular weight is 1120 g/mol. The third-order valence-corrected chi connectivity index (χ3v) is 16.3. The minimum atomic E-state index is -0.924. The second kappa shape index (κ2) is 31.3. The van der Waals surface area contributed by atoms with Crippen molar-refractivity contribution in [3.05, 3.63) is 60.2 Å². The molecule has 2 saturated heterocycles. The van der Waals surface area contributed by atoms with E-state index in [1.165, 1.54) is 31.4 Å². The summed E-state index contributed by atoms with van der Waals surface area (Å²) in [5, 5.41) is 7.51. The van der Waals surface area contributed by atoms with E-state index in [1.54, 1.807) is 30.8 Å². The zero-order chi connectivity index (χ0) is 58.8. The topological polar surface area (TPSA) is 246 Å². The molecule has 21 nitrogen and oxygen atoms in total. The lowest BCUT2D eigenvalue weighted by molar-refractivity contribution is -0.232. The molecule has 1 aromatic rings. The number of fused-ring (bicyclic) bond motifs is 2. The van der Waals surface area contributed by atoms with Gasteiger partial charge in [-0.15, -0.1) is 0 Å². The Morgan fingerprint density at radius 1 is 0.775 bits per heavy atom. The van der Waals surface area contributed by atoms with Gasteiger partial charge in [0.2, 0.25) is 35.4 Å². The van der Waals surface area contributed by atoms with Crippen molar-refractivity contribution in [3.63, 3.8) is 0 Å². The maximum Gasteiger partial charge on any atom is 0.269 e. The predicted octanol–water partition coefficient (Wildman–Crippen LogP) is 4.01. The number of nitrogens with one attached hydrogen (secondary N) is 4. The number of hydrogen-bond donors (Lipinski definition) is 4. The maximum absolute atomic E-state index is 14.7. The zero-order valence-corrected chi connectivity index (χ0v) is 49.2. The molecule has 0 spiro atoms. The van der Waals surface area contributed by atoms with Gasteiger partial charge in [-0.05, 0) is 81.9 Å². The van der Waals surface area contributed by atoms with Crippen LogP contribution in [0.4, 0.5) is 0 Å². The minimum absolute atomic E-state index is 0.0623. The molecular weight excluding hydrogens is 1030 g/mol. The summed E-state index contributed by atoms with van der Waals surface area (Å²) in [4.78, 5) is 133. The number of carbonyl (C=O) groups is 9. The molecule has 6 rings (SSSR count). The van der Waals surface area contributed by atoms with Gasteiger partial charge in [0.1, 0.15) is 18.2 Å². The first-order valence-electron chi connectivity index (χ1n) is 28.9. The Morgan fingerprint density at radius 2 is 1.44 bits per heavy atom. The summed E-state index contributed by atoms with van der Waals surface area (Å²) in [6, 6.07) is 5.78. The van der Waals surface area contributed by atoms with Crippen molar-refractivity contribution >= 4 is 53.2 Å². The smallest absolute Gasteiger partial charge is 0.269 e. The summed E-state index contributed by atoms with van der Waals surface area (Å²) >= 11 is 0. The van der Waals surface area contributed by atoms with E-state index in [4.69, 9.17) is 14.3 Å². The van der Waals surface area contributed by atoms with Crippen molar-refractivity contribution in [2.45, 2.75) is 186 Å². The van der Waals surface area contributed by atoms with Gasteiger partial charge >= 0.3 is 0 Å². The van der Waals surface area contributed by atoms with E-state index >= 15 is 0 Å². The molecule has 2 fully saturated rings. The Labute approximate surface area is 473 Å². The van der Waals surface area contributed by atoms with Crippen LogP contribution in [0.2, 0.25) is 0 Å². The molecular formula is C59H91N9O12. The lowest BCUT2D eigenvalue weighted by Gasteiger charge is -2.42. The molecule has 2 bridgehead atoms. The molecule has 10 unspecified atom stereocenters. The quantitative estimate of drug-likeness (QED) is 0.0356. The fourth-order valence-corrected chi connectivity index (χ4v) is 11.6. The number of hydroxylamine groups is 2. The first kappa shape index (κ1) is 64.8. The van der Waals surface area contributed by atoms with Crippen LogP contribution in [0, 0.1) is 23.7 Å². The number of rotatable bonds is 31. The molecule has 1 aliphatic carbocycles. The Balaban J connectivity index is 1.16. The van der Waals surface area contributed by atoms with Crippen molar-refractivity contribution in [2.24, 2.45) is 23.7 Å². The first-order chi connectivity index (χ1) is 38.1. The van der Waals surface area contributed by atoms with Crippen LogP contribution >= 0.6 is 0 Å². The number of imide groups is 1. The van der Waals surface area contributed by atoms with Crippen molar-refractivity contribution < 1.29 is 57.5 Å². The van der Waals surface area contributed by atoms with Gasteiger partial charge in [0.05, 0.1) is 48.7 Å². The summed E-state index contributed by atoms with van der Waals surface area (Å²) < 4.78 is 12.2. The van der Waals surface area contributed by atoms with Crippen molar-refractivity contribution in [2.75, 3.05) is 47.9 Å². The van der Waals surface area contributed by atoms with E-state index in [-0.39, 0.29) is 109 Å². The number of amides is 9. The Bertz CT molecular complexity index is 2330. The summed E-state index contributed by atoms with van der Waals surface area (Å²) in [7, 11) is 6.54. The lowest BCUT2D eigenvalue weighted by atomic mass is 9.89. The predicted molar refractivity (Wildman–Crippen MR) is 300 cm³/mol. The molecule has 5 aliphatic rings. The van der Waals surface area contributed by atoms with Crippen LogP contribution in [-0.2, 0) is 63.9 Å². The lowest BCUT2D eigenvalue weighted by Crippen LogP contribution is -2.60. The van der Waals surface area contributed by atoms with Crippen LogP contribution in [-0.4, -0.2) is 180 Å². The number of ether oxygens (including phenoxy) is 2. The van der Waals surface area contributed by atoms with Crippen LogP contribution in [0.25, 0.3) is 0 Å². The van der Waals surface area contributed by atoms with Gasteiger partial charge < -0.3 is 29.9 Å². The third kappa shape index (κ3) is 17.5. The zero-order valence-electron chi connectivity index (χ0n) is 49.2. The molecule has 80 heavy (non-hydrogen) atoms. The van der Waals surface area contributed by atoms with Crippen molar-refractivity contribution in [3.8, 4) is 0 Å². The van der Waals surface area contributed by atoms with Crippen LogP contribution in [0.1, 0.15) is 131 Å². The SMILES string of the molecule is CCC(C)C(C(CC(=O)N1CCC[C@H]1C(OC)C(C)C(=O)NC(Cc1ccccc1)C(=O)N1OC2C=CC1CC2)OC)N(C)C(=O)C(NC(=O)C(C(C)C)N(C)CCCC(=O)NNC(=O)CCCCCN1C(=O)C=CC1=O)C(C)C.